The molecule has 23 heavy (non-hydrogen) atoms. The Kier molecular flexibility index (Phi) is 3.97. The second-order valence-electron chi connectivity index (χ2n) is 4.86. The van der Waals surface area contributed by atoms with E-state index < -0.39 is 10.9 Å². The number of rotatable bonds is 4. The van der Waals surface area contributed by atoms with Crippen molar-refractivity contribution in [2.75, 3.05) is 0 Å². The molecule has 0 N–H and O–H groups in total. The van der Waals surface area contributed by atoms with Gasteiger partial charge in [0.1, 0.15) is 6.61 Å². The van der Waals surface area contributed by atoms with E-state index in [1.54, 1.807) is 24.3 Å². The molecule has 0 unspecified atom stereocenters. The number of hydrogen-bond donors (Lipinski definition) is 0. The van der Waals surface area contributed by atoms with Crippen LogP contribution in [-0.2, 0) is 11.3 Å². The zero-order valence-corrected chi connectivity index (χ0v) is 12.0. The predicted octanol–water partition coefficient (Wildman–Crippen LogP) is 3.50. The lowest BCUT2D eigenvalue weighted by Gasteiger charge is -2.06. The molecule has 0 fully saturated rings. The summed E-state index contributed by atoms with van der Waals surface area (Å²) in [4.78, 5) is 26.6. The average Bonchev–Trinajstić information content (AvgIpc) is 2.59. The van der Waals surface area contributed by atoms with Gasteiger partial charge in [-0.3, -0.25) is 0 Å². The molecule has 0 saturated heterocycles. The van der Waals surface area contributed by atoms with Gasteiger partial charge in [-0.05, 0) is 27.6 Å². The van der Waals surface area contributed by atoms with Crippen LogP contribution in [0.25, 0.3) is 10.9 Å². The van der Waals surface area contributed by atoms with E-state index in [4.69, 9.17) is 4.74 Å². The minimum atomic E-state index is -0.625. The number of ether oxygens (including phenoxy) is 1. The Balaban J connectivity index is 1.94. The third-order valence-electron chi connectivity index (χ3n) is 3.32. The molecule has 0 atom stereocenters. The summed E-state index contributed by atoms with van der Waals surface area (Å²) in [5.74, 6) is -0.995. The standard InChI is InChI=1S/C17H12N2O4/c20-17(23-11-12-6-2-1-3-7-12)14-10-16(19(21)22)18-15-9-5-4-8-13(14)15/h1-10H,11H2. The van der Waals surface area contributed by atoms with Crippen LogP contribution < -0.4 is 0 Å². The van der Waals surface area contributed by atoms with Crippen molar-refractivity contribution in [2.45, 2.75) is 6.61 Å². The molecular formula is C17H12N2O4. The van der Waals surface area contributed by atoms with Crippen LogP contribution >= 0.6 is 0 Å². The number of benzene rings is 2. The number of nitro groups is 1. The highest BCUT2D eigenvalue weighted by Gasteiger charge is 2.20. The van der Waals surface area contributed by atoms with Crippen LogP contribution in [0.15, 0.2) is 60.7 Å². The van der Waals surface area contributed by atoms with Crippen molar-refractivity contribution >= 4 is 22.7 Å². The number of aromatic nitrogens is 1. The lowest BCUT2D eigenvalue weighted by Crippen LogP contribution is -2.07. The van der Waals surface area contributed by atoms with E-state index in [1.165, 1.54) is 0 Å². The van der Waals surface area contributed by atoms with Gasteiger partial charge in [-0.15, -0.1) is 0 Å². The number of nitrogens with zero attached hydrogens (tertiary/aromatic N) is 2. The van der Waals surface area contributed by atoms with Crippen LogP contribution in [-0.4, -0.2) is 15.9 Å². The molecule has 1 heterocycles. The minimum Gasteiger partial charge on any atom is -0.457 e. The first-order valence-electron chi connectivity index (χ1n) is 6.90. The third-order valence-corrected chi connectivity index (χ3v) is 3.32. The van der Waals surface area contributed by atoms with Crippen molar-refractivity contribution in [1.82, 2.24) is 4.98 Å². The normalized spacial score (nSPS) is 10.4. The Morgan fingerprint density at radius 1 is 1.09 bits per heavy atom. The van der Waals surface area contributed by atoms with E-state index in [0.717, 1.165) is 11.6 Å². The topological polar surface area (TPSA) is 82.3 Å². The first-order valence-corrected chi connectivity index (χ1v) is 6.90. The molecule has 1 aromatic heterocycles. The quantitative estimate of drug-likeness (QED) is 0.418. The van der Waals surface area contributed by atoms with Crippen LogP contribution in [0.3, 0.4) is 0 Å². The summed E-state index contributed by atoms with van der Waals surface area (Å²) in [6, 6.07) is 17.1. The molecule has 0 aliphatic heterocycles. The average molecular weight is 308 g/mol. The SMILES string of the molecule is O=C(OCc1ccccc1)c1cc([N+](=O)[O-])nc2ccccc12. The number of carbonyl (C=O) groups excluding carboxylic acids is 1. The van der Waals surface area contributed by atoms with Crippen molar-refractivity contribution in [1.29, 1.82) is 0 Å². The van der Waals surface area contributed by atoms with Crippen LogP contribution in [0, 0.1) is 10.1 Å². The molecule has 0 spiro atoms. The summed E-state index contributed by atoms with van der Waals surface area (Å²) in [7, 11) is 0. The highest BCUT2D eigenvalue weighted by atomic mass is 16.6. The van der Waals surface area contributed by atoms with Gasteiger partial charge in [0.2, 0.25) is 0 Å². The molecule has 3 rings (SSSR count). The predicted molar refractivity (Wildman–Crippen MR) is 84.0 cm³/mol. The summed E-state index contributed by atoms with van der Waals surface area (Å²) < 4.78 is 5.27. The lowest BCUT2D eigenvalue weighted by atomic mass is 10.1. The fourth-order valence-electron chi connectivity index (χ4n) is 2.22. The van der Waals surface area contributed by atoms with Crippen molar-refractivity contribution in [2.24, 2.45) is 0 Å². The van der Waals surface area contributed by atoms with Gasteiger partial charge in [0.05, 0.1) is 11.6 Å². The molecule has 0 bridgehead atoms. The van der Waals surface area contributed by atoms with Gasteiger partial charge < -0.3 is 14.9 Å². The molecule has 0 radical (unpaired) electrons. The molecule has 0 aliphatic carbocycles. The maximum atomic E-state index is 12.3. The summed E-state index contributed by atoms with van der Waals surface area (Å²) in [5.41, 5.74) is 1.36. The minimum absolute atomic E-state index is 0.101. The monoisotopic (exact) mass is 308 g/mol. The maximum absolute atomic E-state index is 12.3. The fraction of sp³-hybridized carbons (Fsp3) is 0.0588. The number of pyridine rings is 1. The Morgan fingerprint density at radius 2 is 1.78 bits per heavy atom. The van der Waals surface area contributed by atoms with Gasteiger partial charge in [0.25, 0.3) is 0 Å². The zero-order valence-electron chi connectivity index (χ0n) is 12.0. The molecule has 114 valence electrons. The summed E-state index contributed by atoms with van der Waals surface area (Å²) in [6.45, 7) is 0.101. The number of hydrogen-bond acceptors (Lipinski definition) is 5. The Labute approximate surface area is 131 Å². The smallest absolute Gasteiger partial charge is 0.364 e. The highest BCUT2D eigenvalue weighted by Crippen LogP contribution is 2.23. The van der Waals surface area contributed by atoms with Gasteiger partial charge in [0, 0.05) is 5.39 Å². The molecule has 3 aromatic rings. The molecule has 0 aliphatic rings. The van der Waals surface area contributed by atoms with Gasteiger partial charge in [-0.25, -0.2) is 4.79 Å². The molecule has 6 heteroatoms. The van der Waals surface area contributed by atoms with E-state index in [2.05, 4.69) is 4.98 Å². The first-order chi connectivity index (χ1) is 11.1. The Bertz CT molecular complexity index is 878. The molecule has 2 aromatic carbocycles. The van der Waals surface area contributed by atoms with E-state index in [9.17, 15) is 14.9 Å². The molecule has 6 nitrogen and oxygen atoms in total. The van der Waals surface area contributed by atoms with Crippen LogP contribution in [0.4, 0.5) is 5.82 Å². The number of carbonyl (C=O) groups is 1. The summed E-state index contributed by atoms with van der Waals surface area (Å²) in [5, 5.41) is 11.5. The lowest BCUT2D eigenvalue weighted by molar-refractivity contribution is -0.389. The summed E-state index contributed by atoms with van der Waals surface area (Å²) in [6.07, 6.45) is 0. The van der Waals surface area contributed by atoms with Gasteiger partial charge in [0.15, 0.2) is 5.52 Å². The van der Waals surface area contributed by atoms with Crippen molar-refractivity contribution in [3.8, 4) is 0 Å². The van der Waals surface area contributed by atoms with E-state index in [-0.39, 0.29) is 18.0 Å². The molecule has 0 amide bonds. The zero-order chi connectivity index (χ0) is 16.2. The van der Waals surface area contributed by atoms with Crippen LogP contribution in [0.5, 0.6) is 0 Å². The van der Waals surface area contributed by atoms with E-state index in [0.29, 0.717) is 10.9 Å². The molecular weight excluding hydrogens is 296 g/mol. The summed E-state index contributed by atoms with van der Waals surface area (Å²) >= 11 is 0. The van der Waals surface area contributed by atoms with Gasteiger partial charge in [-0.1, -0.05) is 42.5 Å². The van der Waals surface area contributed by atoms with Crippen molar-refractivity contribution < 1.29 is 14.5 Å². The van der Waals surface area contributed by atoms with Gasteiger partial charge >= 0.3 is 11.8 Å². The molecule has 0 saturated carbocycles. The van der Waals surface area contributed by atoms with Crippen LogP contribution in [0.1, 0.15) is 15.9 Å². The van der Waals surface area contributed by atoms with Crippen LogP contribution in [0.2, 0.25) is 0 Å². The first kappa shape index (κ1) is 14.6. The van der Waals surface area contributed by atoms with Gasteiger partial charge in [-0.2, -0.15) is 0 Å². The van der Waals surface area contributed by atoms with Crippen molar-refractivity contribution in [3.05, 3.63) is 81.9 Å². The van der Waals surface area contributed by atoms with E-state index in [1.807, 2.05) is 30.3 Å². The largest absolute Gasteiger partial charge is 0.457 e. The highest BCUT2D eigenvalue weighted by molar-refractivity contribution is 6.04. The number of esters is 1. The second kappa shape index (κ2) is 6.23. The number of fused-ring (bicyclic) bond motifs is 1. The van der Waals surface area contributed by atoms with E-state index >= 15 is 0 Å². The van der Waals surface area contributed by atoms with Crippen molar-refractivity contribution in [3.63, 3.8) is 0 Å². The second-order valence-corrected chi connectivity index (χ2v) is 4.86. The third kappa shape index (κ3) is 3.16. The Morgan fingerprint density at radius 3 is 2.52 bits per heavy atom. The Hall–Kier alpha value is -3.28. The fourth-order valence-corrected chi connectivity index (χ4v) is 2.22. The maximum Gasteiger partial charge on any atom is 0.364 e. The number of para-hydroxylation sites is 1.